The smallest absolute Gasteiger partial charge is 0.207 e. The van der Waals surface area contributed by atoms with E-state index in [0.717, 1.165) is 22.3 Å². The number of rotatable bonds is 4. The molecular weight excluding hydrogens is 328 g/mol. The van der Waals surface area contributed by atoms with Crippen LogP contribution in [0.15, 0.2) is 83.8 Å². The van der Waals surface area contributed by atoms with Crippen molar-refractivity contribution in [3.63, 3.8) is 0 Å². The molecule has 0 heterocycles. The molecule has 3 aromatic carbocycles. The van der Waals surface area contributed by atoms with E-state index in [1.54, 1.807) is 18.2 Å². The quantitative estimate of drug-likeness (QED) is 0.602. The summed E-state index contributed by atoms with van der Waals surface area (Å²) in [7, 11) is -3.63. The molecule has 0 saturated carbocycles. The van der Waals surface area contributed by atoms with Gasteiger partial charge in [-0.2, -0.15) is 0 Å². The second-order valence-electron chi connectivity index (χ2n) is 6.05. The van der Waals surface area contributed by atoms with Crippen molar-refractivity contribution in [2.75, 3.05) is 0 Å². The topological polar surface area (TPSA) is 34.1 Å². The molecule has 0 saturated heterocycles. The minimum Gasteiger partial charge on any atom is -0.218 e. The molecule has 0 amide bonds. The van der Waals surface area contributed by atoms with Crippen molar-refractivity contribution >= 4 is 20.8 Å². The SMILES string of the molecule is Cc1ccc(S(=O)(=O)/C(=C\c2ccccc2)c2ccccc2C)cc1. The van der Waals surface area contributed by atoms with Gasteiger partial charge in [0.2, 0.25) is 9.84 Å². The van der Waals surface area contributed by atoms with Crippen molar-refractivity contribution in [1.82, 2.24) is 0 Å². The highest BCUT2D eigenvalue weighted by atomic mass is 32.2. The third-order valence-electron chi connectivity index (χ3n) is 4.13. The van der Waals surface area contributed by atoms with Gasteiger partial charge in [-0.3, -0.25) is 0 Å². The van der Waals surface area contributed by atoms with Crippen LogP contribution in [-0.4, -0.2) is 8.42 Å². The Morgan fingerprint density at radius 1 is 0.760 bits per heavy atom. The Morgan fingerprint density at radius 2 is 1.36 bits per heavy atom. The fourth-order valence-corrected chi connectivity index (χ4v) is 4.25. The van der Waals surface area contributed by atoms with Gasteiger partial charge < -0.3 is 0 Å². The molecule has 2 nitrogen and oxygen atoms in total. The van der Waals surface area contributed by atoms with E-state index in [-0.39, 0.29) is 0 Å². The van der Waals surface area contributed by atoms with Gasteiger partial charge in [-0.25, -0.2) is 8.42 Å². The molecule has 25 heavy (non-hydrogen) atoms. The summed E-state index contributed by atoms with van der Waals surface area (Å²) in [5.74, 6) is 0. The van der Waals surface area contributed by atoms with Gasteiger partial charge in [0.05, 0.1) is 9.80 Å². The van der Waals surface area contributed by atoms with E-state index >= 15 is 0 Å². The fourth-order valence-electron chi connectivity index (χ4n) is 2.69. The molecular formula is C22H20O2S. The summed E-state index contributed by atoms with van der Waals surface area (Å²) in [6.07, 6.45) is 1.75. The molecule has 126 valence electrons. The zero-order chi connectivity index (χ0) is 17.9. The van der Waals surface area contributed by atoms with Crippen LogP contribution in [0.5, 0.6) is 0 Å². The third kappa shape index (κ3) is 3.72. The van der Waals surface area contributed by atoms with Gasteiger partial charge in [0.15, 0.2) is 0 Å². The van der Waals surface area contributed by atoms with Gasteiger partial charge in [-0.05, 0) is 48.7 Å². The maximum absolute atomic E-state index is 13.3. The number of sulfone groups is 1. The molecule has 0 fully saturated rings. The van der Waals surface area contributed by atoms with Crippen LogP contribution in [0.1, 0.15) is 22.3 Å². The summed E-state index contributed by atoms with van der Waals surface area (Å²) in [5, 5.41) is 0. The van der Waals surface area contributed by atoms with E-state index in [9.17, 15) is 8.42 Å². The first-order chi connectivity index (χ1) is 12.0. The summed E-state index contributed by atoms with van der Waals surface area (Å²) in [6, 6.07) is 24.1. The zero-order valence-electron chi connectivity index (χ0n) is 14.3. The Balaban J connectivity index is 2.23. The number of hydrogen-bond acceptors (Lipinski definition) is 2. The maximum Gasteiger partial charge on any atom is 0.207 e. The number of aryl methyl sites for hydroxylation is 2. The summed E-state index contributed by atoms with van der Waals surface area (Å²) in [6.45, 7) is 3.87. The molecule has 0 aliphatic carbocycles. The molecule has 0 N–H and O–H groups in total. The van der Waals surface area contributed by atoms with Gasteiger partial charge in [0.1, 0.15) is 0 Å². The Kier molecular flexibility index (Phi) is 4.86. The maximum atomic E-state index is 13.3. The van der Waals surface area contributed by atoms with E-state index in [2.05, 4.69) is 0 Å². The molecule has 0 radical (unpaired) electrons. The van der Waals surface area contributed by atoms with Gasteiger partial charge in [0.25, 0.3) is 0 Å². The van der Waals surface area contributed by atoms with Crippen LogP contribution in [0.3, 0.4) is 0 Å². The van der Waals surface area contributed by atoms with Crippen molar-refractivity contribution in [2.45, 2.75) is 18.7 Å². The Labute approximate surface area is 149 Å². The highest BCUT2D eigenvalue weighted by Gasteiger charge is 2.23. The predicted molar refractivity (Wildman–Crippen MR) is 104 cm³/mol. The Hall–Kier alpha value is -2.65. The van der Waals surface area contributed by atoms with Crippen molar-refractivity contribution in [2.24, 2.45) is 0 Å². The molecule has 0 aliphatic heterocycles. The highest BCUT2D eigenvalue weighted by Crippen LogP contribution is 2.32. The second kappa shape index (κ2) is 7.08. The van der Waals surface area contributed by atoms with Crippen LogP contribution in [-0.2, 0) is 9.84 Å². The minimum absolute atomic E-state index is 0.309. The third-order valence-corrected chi connectivity index (χ3v) is 5.94. The van der Waals surface area contributed by atoms with E-state index in [4.69, 9.17) is 0 Å². The van der Waals surface area contributed by atoms with Crippen LogP contribution in [0, 0.1) is 13.8 Å². The van der Waals surface area contributed by atoms with E-state index in [1.165, 1.54) is 0 Å². The van der Waals surface area contributed by atoms with Crippen molar-refractivity contribution in [1.29, 1.82) is 0 Å². The summed E-state index contributed by atoms with van der Waals surface area (Å²) < 4.78 is 26.7. The van der Waals surface area contributed by atoms with Crippen LogP contribution < -0.4 is 0 Å². The lowest BCUT2D eigenvalue weighted by Crippen LogP contribution is -2.05. The van der Waals surface area contributed by atoms with Gasteiger partial charge in [-0.1, -0.05) is 72.3 Å². The lowest BCUT2D eigenvalue weighted by molar-refractivity contribution is 0.606. The first kappa shape index (κ1) is 17.2. The molecule has 0 aliphatic rings. The number of benzene rings is 3. The largest absolute Gasteiger partial charge is 0.218 e. The monoisotopic (exact) mass is 348 g/mol. The Bertz CT molecular complexity index is 999. The molecule has 0 atom stereocenters. The van der Waals surface area contributed by atoms with Gasteiger partial charge in [-0.15, -0.1) is 0 Å². The van der Waals surface area contributed by atoms with E-state index in [1.807, 2.05) is 80.6 Å². The lowest BCUT2D eigenvalue weighted by Gasteiger charge is -2.13. The average molecular weight is 348 g/mol. The van der Waals surface area contributed by atoms with E-state index < -0.39 is 9.84 Å². The highest BCUT2D eigenvalue weighted by molar-refractivity contribution is 8.00. The molecule has 3 aromatic rings. The van der Waals surface area contributed by atoms with E-state index in [0.29, 0.717) is 9.80 Å². The van der Waals surface area contributed by atoms with Crippen LogP contribution in [0.25, 0.3) is 11.0 Å². The average Bonchev–Trinajstić information content (AvgIpc) is 2.62. The second-order valence-corrected chi connectivity index (χ2v) is 7.97. The molecule has 3 rings (SSSR count). The van der Waals surface area contributed by atoms with Crippen molar-refractivity contribution in [3.8, 4) is 0 Å². The fraction of sp³-hybridized carbons (Fsp3) is 0.0909. The molecule has 0 unspecified atom stereocenters. The van der Waals surface area contributed by atoms with Crippen LogP contribution >= 0.6 is 0 Å². The molecule has 0 aromatic heterocycles. The standard InChI is InChI=1S/C22H20O2S/c1-17-12-14-20(15-13-17)25(23,24)22(16-19-9-4-3-5-10-19)21-11-7-6-8-18(21)2/h3-16H,1-2H3/b22-16-. The van der Waals surface area contributed by atoms with Gasteiger partial charge in [0, 0.05) is 0 Å². The molecule has 3 heteroatoms. The Morgan fingerprint density at radius 3 is 2.00 bits per heavy atom. The van der Waals surface area contributed by atoms with Crippen LogP contribution in [0.2, 0.25) is 0 Å². The van der Waals surface area contributed by atoms with Crippen LogP contribution in [0.4, 0.5) is 0 Å². The zero-order valence-corrected chi connectivity index (χ0v) is 15.1. The summed E-state index contributed by atoms with van der Waals surface area (Å²) in [4.78, 5) is 0.629. The first-order valence-electron chi connectivity index (χ1n) is 8.13. The molecule has 0 spiro atoms. The summed E-state index contributed by atoms with van der Waals surface area (Å²) >= 11 is 0. The predicted octanol–water partition coefficient (Wildman–Crippen LogP) is 5.28. The van der Waals surface area contributed by atoms with Gasteiger partial charge >= 0.3 is 0 Å². The first-order valence-corrected chi connectivity index (χ1v) is 9.61. The van der Waals surface area contributed by atoms with Crippen molar-refractivity contribution < 1.29 is 8.42 Å². The minimum atomic E-state index is -3.63. The molecule has 0 bridgehead atoms. The lowest BCUT2D eigenvalue weighted by atomic mass is 10.1. The normalized spacial score (nSPS) is 12.2. The summed E-state index contributed by atoms with van der Waals surface area (Å²) in [5.41, 5.74) is 3.55. The van der Waals surface area contributed by atoms with Crippen molar-refractivity contribution in [3.05, 3.63) is 101 Å². The number of hydrogen-bond donors (Lipinski definition) is 0.